The van der Waals surface area contributed by atoms with Crippen LogP contribution in [0.1, 0.15) is 0 Å². The van der Waals surface area contributed by atoms with Crippen LogP contribution in [0.5, 0.6) is 0 Å². The molecular formula is C6H5N3O2. The first-order valence-corrected chi connectivity index (χ1v) is 2.85. The molecule has 0 bridgehead atoms. The van der Waals surface area contributed by atoms with E-state index in [4.69, 9.17) is 6.42 Å². The van der Waals surface area contributed by atoms with Gasteiger partial charge in [0.25, 0.3) is 0 Å². The van der Waals surface area contributed by atoms with Gasteiger partial charge in [0.05, 0.1) is 12.3 Å². The van der Waals surface area contributed by atoms with Crippen molar-refractivity contribution in [2.24, 2.45) is 0 Å². The average molecular weight is 151 g/mol. The molecule has 0 aliphatic rings. The zero-order valence-corrected chi connectivity index (χ0v) is 5.60. The van der Waals surface area contributed by atoms with Crippen LogP contribution in [0.2, 0.25) is 0 Å². The van der Waals surface area contributed by atoms with Crippen molar-refractivity contribution >= 4 is 5.82 Å². The SMILES string of the molecule is C#CCn1nccc1[N+](=O)[O-]. The van der Waals surface area contributed by atoms with Gasteiger partial charge in [0.15, 0.2) is 6.54 Å². The molecule has 56 valence electrons. The Morgan fingerprint density at radius 3 is 3.18 bits per heavy atom. The second kappa shape index (κ2) is 2.84. The Kier molecular flexibility index (Phi) is 1.88. The Morgan fingerprint density at radius 1 is 1.91 bits per heavy atom. The second-order valence-corrected chi connectivity index (χ2v) is 1.81. The molecule has 0 unspecified atom stereocenters. The molecule has 1 aromatic rings. The fourth-order valence-corrected chi connectivity index (χ4v) is 0.689. The summed E-state index contributed by atoms with van der Waals surface area (Å²) in [6.07, 6.45) is 6.30. The van der Waals surface area contributed by atoms with Gasteiger partial charge in [-0.25, -0.2) is 0 Å². The fourth-order valence-electron chi connectivity index (χ4n) is 0.689. The minimum Gasteiger partial charge on any atom is -0.358 e. The first-order chi connectivity index (χ1) is 5.25. The predicted molar refractivity (Wildman–Crippen MR) is 37.7 cm³/mol. The Bertz CT molecular complexity index is 310. The summed E-state index contributed by atoms with van der Waals surface area (Å²) in [5.74, 6) is 2.18. The van der Waals surface area contributed by atoms with E-state index in [1.54, 1.807) is 0 Å². The highest BCUT2D eigenvalue weighted by atomic mass is 16.6. The fraction of sp³-hybridized carbons (Fsp3) is 0.167. The Labute approximate surface area is 62.8 Å². The maximum atomic E-state index is 10.2. The lowest BCUT2D eigenvalue weighted by molar-refractivity contribution is -0.392. The highest BCUT2D eigenvalue weighted by Crippen LogP contribution is 2.07. The van der Waals surface area contributed by atoms with E-state index in [0.717, 1.165) is 4.68 Å². The van der Waals surface area contributed by atoms with Crippen LogP contribution in [0.25, 0.3) is 0 Å². The van der Waals surface area contributed by atoms with Crippen LogP contribution in [-0.4, -0.2) is 14.7 Å². The summed E-state index contributed by atoms with van der Waals surface area (Å²) in [6.45, 7) is 0.128. The predicted octanol–water partition coefficient (Wildman–Crippen LogP) is 0.424. The molecule has 1 rings (SSSR count). The topological polar surface area (TPSA) is 61.0 Å². The number of terminal acetylenes is 1. The number of nitro groups is 1. The normalized spacial score (nSPS) is 9.00. The van der Waals surface area contributed by atoms with Gasteiger partial charge in [-0.05, 0) is 4.92 Å². The molecular weight excluding hydrogens is 146 g/mol. The van der Waals surface area contributed by atoms with Gasteiger partial charge in [0, 0.05) is 0 Å². The van der Waals surface area contributed by atoms with E-state index in [1.165, 1.54) is 12.3 Å². The quantitative estimate of drug-likeness (QED) is 0.349. The number of rotatable bonds is 2. The van der Waals surface area contributed by atoms with Gasteiger partial charge in [0.1, 0.15) is 0 Å². The Hall–Kier alpha value is -1.83. The Balaban J connectivity index is 2.98. The van der Waals surface area contributed by atoms with Gasteiger partial charge in [-0.1, -0.05) is 11.0 Å². The zero-order chi connectivity index (χ0) is 8.27. The van der Waals surface area contributed by atoms with Crippen LogP contribution in [-0.2, 0) is 6.54 Å². The molecule has 0 aliphatic heterocycles. The highest BCUT2D eigenvalue weighted by molar-refractivity contribution is 5.17. The van der Waals surface area contributed by atoms with Gasteiger partial charge < -0.3 is 10.1 Å². The molecule has 0 aliphatic carbocycles. The van der Waals surface area contributed by atoms with E-state index >= 15 is 0 Å². The highest BCUT2D eigenvalue weighted by Gasteiger charge is 2.10. The summed E-state index contributed by atoms with van der Waals surface area (Å²) in [6, 6.07) is 1.30. The zero-order valence-electron chi connectivity index (χ0n) is 5.60. The van der Waals surface area contributed by atoms with E-state index in [2.05, 4.69) is 11.0 Å². The first kappa shape index (κ1) is 7.28. The monoisotopic (exact) mass is 151 g/mol. The molecule has 1 heterocycles. The third kappa shape index (κ3) is 1.35. The lowest BCUT2D eigenvalue weighted by Crippen LogP contribution is -2.02. The average Bonchev–Trinajstić information content (AvgIpc) is 2.36. The van der Waals surface area contributed by atoms with E-state index in [9.17, 15) is 10.1 Å². The molecule has 0 aromatic carbocycles. The largest absolute Gasteiger partial charge is 0.358 e. The number of hydrogen-bond donors (Lipinski definition) is 0. The molecule has 5 nitrogen and oxygen atoms in total. The first-order valence-electron chi connectivity index (χ1n) is 2.85. The maximum absolute atomic E-state index is 10.2. The lowest BCUT2D eigenvalue weighted by atomic mass is 10.6. The van der Waals surface area contributed by atoms with Gasteiger partial charge in [-0.15, -0.1) is 11.1 Å². The third-order valence-corrected chi connectivity index (χ3v) is 1.12. The van der Waals surface area contributed by atoms with E-state index in [-0.39, 0.29) is 12.4 Å². The van der Waals surface area contributed by atoms with Gasteiger partial charge >= 0.3 is 5.82 Å². The molecule has 0 radical (unpaired) electrons. The van der Waals surface area contributed by atoms with Gasteiger partial charge in [-0.3, -0.25) is 0 Å². The van der Waals surface area contributed by atoms with E-state index in [1.807, 2.05) is 0 Å². The van der Waals surface area contributed by atoms with Crippen LogP contribution >= 0.6 is 0 Å². The molecule has 0 saturated heterocycles. The summed E-state index contributed by atoms with van der Waals surface area (Å²) in [5, 5.41) is 13.9. The molecule has 0 spiro atoms. The Morgan fingerprint density at radius 2 is 2.64 bits per heavy atom. The van der Waals surface area contributed by atoms with E-state index < -0.39 is 4.92 Å². The van der Waals surface area contributed by atoms with Crippen LogP contribution in [0.15, 0.2) is 12.3 Å². The lowest BCUT2D eigenvalue weighted by Gasteiger charge is -1.92. The molecule has 0 atom stereocenters. The van der Waals surface area contributed by atoms with Crippen LogP contribution in [0, 0.1) is 22.5 Å². The molecule has 0 fully saturated rings. The van der Waals surface area contributed by atoms with Crippen molar-refractivity contribution < 1.29 is 4.92 Å². The standard InChI is InChI=1S/C6H5N3O2/c1-2-5-8-6(9(10)11)3-4-7-8/h1,3-4H,5H2. The summed E-state index contributed by atoms with van der Waals surface area (Å²) in [7, 11) is 0. The number of aromatic nitrogens is 2. The van der Waals surface area contributed by atoms with Crippen molar-refractivity contribution in [3.05, 3.63) is 22.4 Å². The smallest absolute Gasteiger partial charge is 0.345 e. The van der Waals surface area contributed by atoms with Crippen LogP contribution in [0.4, 0.5) is 5.82 Å². The van der Waals surface area contributed by atoms with E-state index in [0.29, 0.717) is 0 Å². The van der Waals surface area contributed by atoms with Crippen molar-refractivity contribution in [1.82, 2.24) is 9.78 Å². The van der Waals surface area contributed by atoms with Crippen molar-refractivity contribution in [3.63, 3.8) is 0 Å². The minimum atomic E-state index is -0.523. The van der Waals surface area contributed by atoms with Crippen molar-refractivity contribution in [1.29, 1.82) is 0 Å². The summed E-state index contributed by atoms with van der Waals surface area (Å²) in [4.78, 5) is 9.71. The van der Waals surface area contributed by atoms with Crippen molar-refractivity contribution in [3.8, 4) is 12.3 Å². The number of hydrogen-bond acceptors (Lipinski definition) is 3. The van der Waals surface area contributed by atoms with Gasteiger partial charge in [0.2, 0.25) is 0 Å². The summed E-state index contributed by atoms with van der Waals surface area (Å²) >= 11 is 0. The van der Waals surface area contributed by atoms with Crippen LogP contribution in [0.3, 0.4) is 0 Å². The second-order valence-electron chi connectivity index (χ2n) is 1.81. The molecule has 5 heteroatoms. The molecule has 0 amide bonds. The maximum Gasteiger partial charge on any atom is 0.345 e. The molecule has 0 saturated carbocycles. The van der Waals surface area contributed by atoms with Crippen molar-refractivity contribution in [2.45, 2.75) is 6.54 Å². The van der Waals surface area contributed by atoms with Crippen LogP contribution < -0.4 is 0 Å². The molecule has 1 aromatic heterocycles. The van der Waals surface area contributed by atoms with Gasteiger partial charge in [-0.2, -0.15) is 0 Å². The summed E-state index contributed by atoms with van der Waals surface area (Å²) in [5.41, 5.74) is 0. The summed E-state index contributed by atoms with van der Waals surface area (Å²) < 4.78 is 1.15. The molecule has 11 heavy (non-hydrogen) atoms. The third-order valence-electron chi connectivity index (χ3n) is 1.12. The van der Waals surface area contributed by atoms with Crippen molar-refractivity contribution in [2.75, 3.05) is 0 Å². The number of nitrogens with zero attached hydrogens (tertiary/aromatic N) is 3. The molecule has 0 N–H and O–H groups in total. The minimum absolute atomic E-state index is 0.0806.